The molecule has 0 bridgehead atoms. The van der Waals surface area contributed by atoms with Crippen LogP contribution in [0.25, 0.3) is 0 Å². The molecule has 16 heavy (non-hydrogen) atoms. The van der Waals surface area contributed by atoms with E-state index in [0.717, 1.165) is 9.10 Å². The summed E-state index contributed by atoms with van der Waals surface area (Å²) in [6.45, 7) is 1.47. The standard InChI is InChI=1S/C10H9N3OS2/c1-7(14)13-10-12-6-9(16-10)15-8-2-4-11-5-3-8/h2-6H,1H3,(H,12,13,14). The van der Waals surface area contributed by atoms with E-state index in [2.05, 4.69) is 15.3 Å². The largest absolute Gasteiger partial charge is 0.302 e. The number of amides is 1. The van der Waals surface area contributed by atoms with Crippen LogP contribution in [0.3, 0.4) is 0 Å². The summed E-state index contributed by atoms with van der Waals surface area (Å²) in [5.41, 5.74) is 0. The Morgan fingerprint density at radius 1 is 1.44 bits per heavy atom. The molecule has 2 aromatic rings. The van der Waals surface area contributed by atoms with Gasteiger partial charge < -0.3 is 5.32 Å². The third kappa shape index (κ3) is 3.04. The van der Waals surface area contributed by atoms with Crippen molar-refractivity contribution in [1.82, 2.24) is 9.97 Å². The SMILES string of the molecule is CC(=O)Nc1ncc(Sc2ccncc2)s1. The van der Waals surface area contributed by atoms with E-state index in [1.54, 1.807) is 30.4 Å². The lowest BCUT2D eigenvalue weighted by molar-refractivity contribution is -0.114. The zero-order chi connectivity index (χ0) is 11.4. The van der Waals surface area contributed by atoms with Crippen molar-refractivity contribution < 1.29 is 4.79 Å². The van der Waals surface area contributed by atoms with E-state index in [-0.39, 0.29) is 5.91 Å². The van der Waals surface area contributed by atoms with Gasteiger partial charge in [-0.25, -0.2) is 4.98 Å². The van der Waals surface area contributed by atoms with Crippen LogP contribution in [-0.4, -0.2) is 15.9 Å². The summed E-state index contributed by atoms with van der Waals surface area (Å²) in [5.74, 6) is -0.102. The van der Waals surface area contributed by atoms with E-state index in [9.17, 15) is 4.79 Å². The van der Waals surface area contributed by atoms with E-state index in [1.165, 1.54) is 18.3 Å². The maximum atomic E-state index is 10.8. The van der Waals surface area contributed by atoms with Crippen molar-refractivity contribution >= 4 is 34.1 Å². The minimum atomic E-state index is -0.102. The third-order valence-electron chi connectivity index (χ3n) is 1.64. The molecule has 0 aliphatic carbocycles. The maximum absolute atomic E-state index is 10.8. The Hall–Kier alpha value is -1.40. The molecular formula is C10H9N3OS2. The Morgan fingerprint density at radius 3 is 2.88 bits per heavy atom. The fourth-order valence-electron chi connectivity index (χ4n) is 1.04. The molecule has 4 nitrogen and oxygen atoms in total. The molecule has 0 fully saturated rings. The number of nitrogens with zero attached hydrogens (tertiary/aromatic N) is 2. The number of anilines is 1. The van der Waals surface area contributed by atoms with Crippen molar-refractivity contribution in [2.75, 3.05) is 5.32 Å². The first-order chi connectivity index (χ1) is 7.74. The van der Waals surface area contributed by atoms with Gasteiger partial charge in [0.1, 0.15) is 0 Å². The highest BCUT2D eigenvalue weighted by atomic mass is 32.2. The molecule has 1 N–H and O–H groups in total. The summed E-state index contributed by atoms with van der Waals surface area (Å²) < 4.78 is 1.04. The molecule has 0 radical (unpaired) electrons. The second kappa shape index (κ2) is 5.09. The number of rotatable bonds is 3. The van der Waals surface area contributed by atoms with Crippen LogP contribution in [0.5, 0.6) is 0 Å². The summed E-state index contributed by atoms with van der Waals surface area (Å²) in [4.78, 5) is 20.0. The van der Waals surface area contributed by atoms with Crippen molar-refractivity contribution in [3.8, 4) is 0 Å². The number of carbonyl (C=O) groups is 1. The monoisotopic (exact) mass is 251 g/mol. The lowest BCUT2D eigenvalue weighted by Crippen LogP contribution is -2.04. The van der Waals surface area contributed by atoms with Crippen LogP contribution in [0.15, 0.2) is 39.8 Å². The Balaban J connectivity index is 2.06. The molecule has 6 heteroatoms. The summed E-state index contributed by atoms with van der Waals surface area (Å²) in [6.07, 6.45) is 5.25. The van der Waals surface area contributed by atoms with Crippen molar-refractivity contribution in [3.63, 3.8) is 0 Å². The molecule has 0 saturated heterocycles. The summed E-state index contributed by atoms with van der Waals surface area (Å²) in [7, 11) is 0. The van der Waals surface area contributed by atoms with Gasteiger partial charge in [-0.3, -0.25) is 9.78 Å². The van der Waals surface area contributed by atoms with Crippen LogP contribution in [0.4, 0.5) is 5.13 Å². The van der Waals surface area contributed by atoms with Gasteiger partial charge >= 0.3 is 0 Å². The number of pyridine rings is 1. The topological polar surface area (TPSA) is 54.9 Å². The second-order valence-corrected chi connectivity index (χ2v) is 5.36. The van der Waals surface area contributed by atoms with Crippen LogP contribution in [0, 0.1) is 0 Å². The number of thiazole rings is 1. The number of aromatic nitrogens is 2. The molecule has 0 aromatic carbocycles. The number of nitrogens with one attached hydrogen (secondary N) is 1. The molecule has 0 spiro atoms. The summed E-state index contributed by atoms with van der Waals surface area (Å²) in [5, 5.41) is 3.28. The highest BCUT2D eigenvalue weighted by Crippen LogP contribution is 2.33. The molecule has 1 amide bonds. The predicted molar refractivity (Wildman–Crippen MR) is 64.8 cm³/mol. The second-order valence-electron chi connectivity index (χ2n) is 2.95. The smallest absolute Gasteiger partial charge is 0.223 e. The highest BCUT2D eigenvalue weighted by molar-refractivity contribution is 8.01. The Kier molecular flexibility index (Phi) is 3.53. The minimum Gasteiger partial charge on any atom is -0.302 e. The number of carbonyl (C=O) groups excluding carboxylic acids is 1. The average Bonchev–Trinajstić information content (AvgIpc) is 2.66. The van der Waals surface area contributed by atoms with Gasteiger partial charge in [-0.2, -0.15) is 0 Å². The van der Waals surface area contributed by atoms with Gasteiger partial charge in [0.15, 0.2) is 5.13 Å². The summed E-state index contributed by atoms with van der Waals surface area (Å²) in [6, 6.07) is 3.87. The molecule has 2 rings (SSSR count). The lowest BCUT2D eigenvalue weighted by atomic mass is 10.5. The number of hydrogen-bond acceptors (Lipinski definition) is 5. The van der Waals surface area contributed by atoms with Crippen molar-refractivity contribution in [1.29, 1.82) is 0 Å². The normalized spacial score (nSPS) is 10.1. The zero-order valence-corrected chi connectivity index (χ0v) is 10.1. The van der Waals surface area contributed by atoms with E-state index >= 15 is 0 Å². The third-order valence-corrected chi connectivity index (χ3v) is 3.66. The van der Waals surface area contributed by atoms with Gasteiger partial charge in [0.2, 0.25) is 5.91 Å². The number of hydrogen-bond donors (Lipinski definition) is 1. The van der Waals surface area contributed by atoms with Crippen molar-refractivity contribution in [3.05, 3.63) is 30.7 Å². The van der Waals surface area contributed by atoms with E-state index < -0.39 is 0 Å². The highest BCUT2D eigenvalue weighted by Gasteiger charge is 2.04. The zero-order valence-electron chi connectivity index (χ0n) is 8.51. The molecule has 2 heterocycles. The summed E-state index contributed by atoms with van der Waals surface area (Å²) >= 11 is 3.06. The molecule has 0 aliphatic heterocycles. The van der Waals surface area contributed by atoms with Crippen molar-refractivity contribution in [2.45, 2.75) is 16.0 Å². The molecule has 2 aromatic heterocycles. The fraction of sp³-hybridized carbons (Fsp3) is 0.100. The van der Waals surface area contributed by atoms with Crippen LogP contribution in [0.1, 0.15) is 6.92 Å². The van der Waals surface area contributed by atoms with Gasteiger partial charge in [-0.05, 0) is 12.1 Å². The Labute approximate surface area is 101 Å². The molecule has 0 atom stereocenters. The van der Waals surface area contributed by atoms with Gasteiger partial charge in [0, 0.05) is 24.2 Å². The first-order valence-corrected chi connectivity index (χ1v) is 6.18. The van der Waals surface area contributed by atoms with Crippen LogP contribution >= 0.6 is 23.1 Å². The first kappa shape index (κ1) is 11.1. The molecular weight excluding hydrogens is 242 g/mol. The van der Waals surface area contributed by atoms with E-state index in [1.807, 2.05) is 12.1 Å². The van der Waals surface area contributed by atoms with E-state index in [4.69, 9.17) is 0 Å². The fourth-order valence-corrected chi connectivity index (χ4v) is 2.92. The van der Waals surface area contributed by atoms with Crippen molar-refractivity contribution in [2.24, 2.45) is 0 Å². The van der Waals surface area contributed by atoms with Gasteiger partial charge in [0.05, 0.1) is 10.4 Å². The first-order valence-electron chi connectivity index (χ1n) is 4.55. The lowest BCUT2D eigenvalue weighted by Gasteiger charge is -1.95. The van der Waals surface area contributed by atoms with E-state index in [0.29, 0.717) is 5.13 Å². The molecule has 0 aliphatic rings. The van der Waals surface area contributed by atoms with Gasteiger partial charge in [-0.1, -0.05) is 23.1 Å². The molecule has 0 unspecified atom stereocenters. The van der Waals surface area contributed by atoms with Crippen LogP contribution in [-0.2, 0) is 4.79 Å². The van der Waals surface area contributed by atoms with Crippen LogP contribution < -0.4 is 5.32 Å². The predicted octanol–water partition coefficient (Wildman–Crippen LogP) is 2.65. The molecule has 0 saturated carbocycles. The quantitative estimate of drug-likeness (QED) is 0.911. The van der Waals surface area contributed by atoms with Gasteiger partial charge in [0.25, 0.3) is 0 Å². The maximum Gasteiger partial charge on any atom is 0.223 e. The minimum absolute atomic E-state index is 0.102. The van der Waals surface area contributed by atoms with Gasteiger partial charge in [-0.15, -0.1) is 0 Å². The Morgan fingerprint density at radius 2 is 2.19 bits per heavy atom. The van der Waals surface area contributed by atoms with Crippen LogP contribution in [0.2, 0.25) is 0 Å². The Bertz CT molecular complexity index is 484. The average molecular weight is 251 g/mol. The molecule has 82 valence electrons.